The molecule has 1 fully saturated rings. The van der Waals surface area contributed by atoms with Crippen molar-refractivity contribution >= 4 is 6.03 Å². The van der Waals surface area contributed by atoms with E-state index in [9.17, 15) is 4.79 Å². The second-order valence-electron chi connectivity index (χ2n) is 5.62. The summed E-state index contributed by atoms with van der Waals surface area (Å²) < 4.78 is 0. The second-order valence-corrected chi connectivity index (χ2v) is 5.62. The van der Waals surface area contributed by atoms with E-state index < -0.39 is 0 Å². The molecule has 2 amide bonds. The summed E-state index contributed by atoms with van der Waals surface area (Å²) in [5.74, 6) is 0. The molecule has 88 valence electrons. The van der Waals surface area contributed by atoms with Crippen molar-refractivity contribution in [3.8, 4) is 0 Å². The van der Waals surface area contributed by atoms with E-state index in [1.165, 1.54) is 6.42 Å². The van der Waals surface area contributed by atoms with Crippen LogP contribution >= 0.6 is 0 Å². The molecule has 3 nitrogen and oxygen atoms in total. The van der Waals surface area contributed by atoms with Crippen molar-refractivity contribution < 1.29 is 4.79 Å². The standard InChI is InChI=1S/C12H24N2O/c1-5-10-7-6-8-14(10)11(15)13-9-12(2,3)4/h10H,5-9H2,1-4H3,(H,13,15). The van der Waals surface area contributed by atoms with Crippen LogP contribution in [0.4, 0.5) is 4.79 Å². The summed E-state index contributed by atoms with van der Waals surface area (Å²) in [5, 5.41) is 3.02. The normalized spacial score (nSPS) is 21.9. The van der Waals surface area contributed by atoms with Crippen molar-refractivity contribution in [1.82, 2.24) is 10.2 Å². The van der Waals surface area contributed by atoms with Crippen LogP contribution in [0.1, 0.15) is 47.0 Å². The van der Waals surface area contributed by atoms with Crippen molar-refractivity contribution in [1.29, 1.82) is 0 Å². The molecular formula is C12H24N2O. The molecule has 3 heteroatoms. The lowest BCUT2D eigenvalue weighted by atomic mass is 9.97. The molecule has 1 aliphatic heterocycles. The first kappa shape index (κ1) is 12.3. The fourth-order valence-electron chi connectivity index (χ4n) is 1.97. The Morgan fingerprint density at radius 1 is 1.47 bits per heavy atom. The van der Waals surface area contributed by atoms with E-state index in [1.807, 2.05) is 4.90 Å². The maximum atomic E-state index is 11.9. The Morgan fingerprint density at radius 2 is 2.13 bits per heavy atom. The van der Waals surface area contributed by atoms with Gasteiger partial charge in [0.25, 0.3) is 0 Å². The minimum Gasteiger partial charge on any atom is -0.337 e. The maximum Gasteiger partial charge on any atom is 0.317 e. The first-order valence-corrected chi connectivity index (χ1v) is 5.98. The van der Waals surface area contributed by atoms with E-state index in [-0.39, 0.29) is 11.4 Å². The van der Waals surface area contributed by atoms with E-state index in [1.54, 1.807) is 0 Å². The lowest BCUT2D eigenvalue weighted by Gasteiger charge is -2.26. The summed E-state index contributed by atoms with van der Waals surface area (Å²) in [5.41, 5.74) is 0.164. The Kier molecular flexibility index (Phi) is 4.00. The van der Waals surface area contributed by atoms with Crippen LogP contribution in [-0.2, 0) is 0 Å². The van der Waals surface area contributed by atoms with Crippen LogP contribution in [0.2, 0.25) is 0 Å². The van der Waals surface area contributed by atoms with Crippen LogP contribution in [0.25, 0.3) is 0 Å². The summed E-state index contributed by atoms with van der Waals surface area (Å²) in [6, 6.07) is 0.583. The van der Waals surface area contributed by atoms with E-state index in [4.69, 9.17) is 0 Å². The number of carbonyl (C=O) groups is 1. The van der Waals surface area contributed by atoms with Gasteiger partial charge in [0.15, 0.2) is 0 Å². The lowest BCUT2D eigenvalue weighted by molar-refractivity contribution is 0.187. The van der Waals surface area contributed by atoms with Gasteiger partial charge in [-0.25, -0.2) is 4.79 Å². The largest absolute Gasteiger partial charge is 0.337 e. The van der Waals surface area contributed by atoms with Crippen LogP contribution < -0.4 is 5.32 Å². The van der Waals surface area contributed by atoms with Gasteiger partial charge in [-0.2, -0.15) is 0 Å². The molecule has 15 heavy (non-hydrogen) atoms. The SMILES string of the molecule is CCC1CCCN1C(=O)NCC(C)(C)C. The third kappa shape index (κ3) is 3.73. The average Bonchev–Trinajstić information content (AvgIpc) is 2.60. The zero-order chi connectivity index (χ0) is 11.5. The topological polar surface area (TPSA) is 32.3 Å². The molecule has 1 aliphatic rings. The zero-order valence-electron chi connectivity index (χ0n) is 10.5. The molecule has 1 N–H and O–H groups in total. The average molecular weight is 212 g/mol. The van der Waals surface area contributed by atoms with Crippen molar-refractivity contribution in [3.05, 3.63) is 0 Å². The van der Waals surface area contributed by atoms with Gasteiger partial charge in [-0.1, -0.05) is 27.7 Å². The van der Waals surface area contributed by atoms with Gasteiger partial charge < -0.3 is 10.2 Å². The minimum absolute atomic E-state index is 0.120. The summed E-state index contributed by atoms with van der Waals surface area (Å²) in [6.07, 6.45) is 3.39. The van der Waals surface area contributed by atoms with E-state index in [2.05, 4.69) is 33.0 Å². The third-order valence-electron chi connectivity index (χ3n) is 2.88. The number of amides is 2. The number of likely N-dealkylation sites (tertiary alicyclic amines) is 1. The highest BCUT2D eigenvalue weighted by molar-refractivity contribution is 5.74. The molecule has 1 heterocycles. The van der Waals surface area contributed by atoms with Crippen LogP contribution in [0.3, 0.4) is 0 Å². The van der Waals surface area contributed by atoms with Gasteiger partial charge in [0.05, 0.1) is 0 Å². The molecule has 0 bridgehead atoms. The predicted octanol–water partition coefficient (Wildman–Crippen LogP) is 2.62. The Bertz CT molecular complexity index is 220. The Hall–Kier alpha value is -0.730. The molecule has 0 aliphatic carbocycles. The maximum absolute atomic E-state index is 11.9. The number of hydrogen-bond donors (Lipinski definition) is 1. The van der Waals surface area contributed by atoms with E-state index >= 15 is 0 Å². The van der Waals surface area contributed by atoms with Gasteiger partial charge in [-0.15, -0.1) is 0 Å². The Morgan fingerprint density at radius 3 is 2.67 bits per heavy atom. The molecule has 1 rings (SSSR count). The smallest absolute Gasteiger partial charge is 0.317 e. The number of nitrogens with one attached hydrogen (secondary N) is 1. The number of rotatable bonds is 2. The minimum atomic E-state index is 0.120. The molecule has 0 spiro atoms. The zero-order valence-corrected chi connectivity index (χ0v) is 10.5. The number of carbonyl (C=O) groups excluding carboxylic acids is 1. The van der Waals surface area contributed by atoms with E-state index in [0.29, 0.717) is 6.04 Å². The van der Waals surface area contributed by atoms with Gasteiger partial charge in [-0.3, -0.25) is 0 Å². The molecule has 0 aromatic rings. The third-order valence-corrected chi connectivity index (χ3v) is 2.88. The van der Waals surface area contributed by atoms with Crippen LogP contribution in [0.5, 0.6) is 0 Å². The summed E-state index contributed by atoms with van der Waals surface area (Å²) in [6.45, 7) is 10.2. The lowest BCUT2D eigenvalue weighted by Crippen LogP contribution is -2.45. The summed E-state index contributed by atoms with van der Waals surface area (Å²) >= 11 is 0. The van der Waals surface area contributed by atoms with E-state index in [0.717, 1.165) is 25.9 Å². The fraction of sp³-hybridized carbons (Fsp3) is 0.917. The molecule has 0 radical (unpaired) electrons. The molecular weight excluding hydrogens is 188 g/mol. The molecule has 1 saturated heterocycles. The second kappa shape index (κ2) is 4.86. The van der Waals surface area contributed by atoms with Crippen molar-refractivity contribution in [2.24, 2.45) is 5.41 Å². The Labute approximate surface area is 93.2 Å². The molecule has 0 aromatic carbocycles. The molecule has 0 saturated carbocycles. The number of urea groups is 1. The van der Waals surface area contributed by atoms with Crippen molar-refractivity contribution in [2.75, 3.05) is 13.1 Å². The van der Waals surface area contributed by atoms with Gasteiger partial charge in [-0.05, 0) is 24.7 Å². The van der Waals surface area contributed by atoms with Gasteiger partial charge >= 0.3 is 6.03 Å². The van der Waals surface area contributed by atoms with Gasteiger partial charge in [0.1, 0.15) is 0 Å². The molecule has 1 atom stereocenters. The fourth-order valence-corrected chi connectivity index (χ4v) is 1.97. The first-order valence-electron chi connectivity index (χ1n) is 5.98. The van der Waals surface area contributed by atoms with Crippen LogP contribution in [-0.4, -0.2) is 30.1 Å². The number of nitrogens with zero attached hydrogens (tertiary/aromatic N) is 1. The molecule has 0 aromatic heterocycles. The van der Waals surface area contributed by atoms with Crippen molar-refractivity contribution in [3.63, 3.8) is 0 Å². The van der Waals surface area contributed by atoms with Crippen LogP contribution in [0, 0.1) is 5.41 Å². The quantitative estimate of drug-likeness (QED) is 0.749. The van der Waals surface area contributed by atoms with Crippen LogP contribution in [0.15, 0.2) is 0 Å². The monoisotopic (exact) mass is 212 g/mol. The number of hydrogen-bond acceptors (Lipinski definition) is 1. The highest BCUT2D eigenvalue weighted by atomic mass is 16.2. The van der Waals surface area contributed by atoms with Gasteiger partial charge in [0, 0.05) is 19.1 Å². The first-order chi connectivity index (χ1) is 6.94. The van der Waals surface area contributed by atoms with Gasteiger partial charge in [0.2, 0.25) is 0 Å². The predicted molar refractivity (Wildman–Crippen MR) is 62.9 cm³/mol. The summed E-state index contributed by atoms with van der Waals surface area (Å²) in [7, 11) is 0. The Balaban J connectivity index is 2.40. The molecule has 1 unspecified atom stereocenters. The summed E-state index contributed by atoms with van der Waals surface area (Å²) in [4.78, 5) is 13.9. The van der Waals surface area contributed by atoms with Crippen molar-refractivity contribution in [2.45, 2.75) is 53.0 Å². The highest BCUT2D eigenvalue weighted by Crippen LogP contribution is 2.20. The highest BCUT2D eigenvalue weighted by Gasteiger charge is 2.27.